The first-order valence-corrected chi connectivity index (χ1v) is 8.98. The number of non-ortho nitro benzene ring substituents is 1. The van der Waals surface area contributed by atoms with Gasteiger partial charge in [-0.15, -0.1) is 0 Å². The van der Waals surface area contributed by atoms with Crippen LogP contribution >= 0.6 is 0 Å². The third-order valence-electron chi connectivity index (χ3n) is 5.08. The third-order valence-corrected chi connectivity index (χ3v) is 5.08. The first kappa shape index (κ1) is 19.4. The van der Waals surface area contributed by atoms with Crippen molar-refractivity contribution in [3.05, 3.63) is 58.1 Å². The molecule has 1 atom stereocenters. The molecule has 2 amide bonds. The van der Waals surface area contributed by atoms with Gasteiger partial charge in [0.15, 0.2) is 0 Å². The van der Waals surface area contributed by atoms with Crippen LogP contribution < -0.4 is 14.4 Å². The topological polar surface area (TPSA) is 121 Å². The lowest BCUT2D eigenvalue weighted by Crippen LogP contribution is -2.40. The van der Waals surface area contributed by atoms with Crippen LogP contribution in [0.2, 0.25) is 0 Å². The fraction of sp³-hybridized carbons (Fsp3) is 0.250. The Hall–Kier alpha value is -3.95. The van der Waals surface area contributed by atoms with Crippen LogP contribution in [0.1, 0.15) is 18.4 Å². The van der Waals surface area contributed by atoms with E-state index in [0.29, 0.717) is 22.8 Å². The number of ether oxygens (including phenoxy) is 2. The third kappa shape index (κ3) is 3.02. The molecule has 0 radical (unpaired) electrons. The zero-order valence-corrected chi connectivity index (χ0v) is 16.2. The Morgan fingerprint density at radius 1 is 1.13 bits per heavy atom. The molecular formula is C20H17N3O7. The van der Waals surface area contributed by atoms with E-state index in [4.69, 9.17) is 14.3 Å². The molecule has 2 aliphatic heterocycles. The summed E-state index contributed by atoms with van der Waals surface area (Å²) in [7, 11) is 3.03. The maximum atomic E-state index is 13.1. The van der Waals surface area contributed by atoms with E-state index in [-0.39, 0.29) is 24.2 Å². The normalized spacial score (nSPS) is 20.3. The SMILES string of the molecule is COc1ccc(C2=NOC3(CC(=O)N(c4cccc([N+](=O)[O-])c4)C3=O)C2)c(OC)c1. The van der Waals surface area contributed by atoms with Crippen molar-refractivity contribution in [1.29, 1.82) is 0 Å². The minimum atomic E-state index is -1.48. The Morgan fingerprint density at radius 2 is 1.93 bits per heavy atom. The molecule has 2 aromatic rings. The van der Waals surface area contributed by atoms with Gasteiger partial charge in [0.1, 0.15) is 11.5 Å². The maximum absolute atomic E-state index is 13.1. The highest BCUT2D eigenvalue weighted by Gasteiger charge is 2.58. The summed E-state index contributed by atoms with van der Waals surface area (Å²) in [5, 5.41) is 15.1. The van der Waals surface area contributed by atoms with Crippen molar-refractivity contribution in [2.45, 2.75) is 18.4 Å². The monoisotopic (exact) mass is 411 g/mol. The van der Waals surface area contributed by atoms with Crippen LogP contribution in [0.3, 0.4) is 0 Å². The van der Waals surface area contributed by atoms with Gasteiger partial charge in [-0.2, -0.15) is 0 Å². The molecule has 4 rings (SSSR count). The van der Waals surface area contributed by atoms with E-state index >= 15 is 0 Å². The molecule has 0 saturated carbocycles. The summed E-state index contributed by atoms with van der Waals surface area (Å²) in [4.78, 5) is 42.6. The van der Waals surface area contributed by atoms with Crippen molar-refractivity contribution in [3.8, 4) is 11.5 Å². The molecule has 154 valence electrons. The fourth-order valence-electron chi connectivity index (χ4n) is 3.59. The Balaban J connectivity index is 1.62. The predicted octanol–water partition coefficient (Wildman–Crippen LogP) is 2.44. The summed E-state index contributed by atoms with van der Waals surface area (Å²) < 4.78 is 10.6. The Labute approximate surface area is 170 Å². The molecule has 1 spiro atoms. The van der Waals surface area contributed by atoms with Crippen LogP contribution in [0.4, 0.5) is 11.4 Å². The summed E-state index contributed by atoms with van der Waals surface area (Å²) >= 11 is 0. The smallest absolute Gasteiger partial charge is 0.281 e. The number of methoxy groups -OCH3 is 2. The van der Waals surface area contributed by atoms with E-state index in [9.17, 15) is 19.7 Å². The number of benzene rings is 2. The van der Waals surface area contributed by atoms with Crippen LogP contribution in [0.15, 0.2) is 47.6 Å². The van der Waals surface area contributed by atoms with Crippen molar-refractivity contribution in [1.82, 2.24) is 0 Å². The molecule has 0 aliphatic carbocycles. The Kier molecular flexibility index (Phi) is 4.61. The van der Waals surface area contributed by atoms with Gasteiger partial charge in [-0.05, 0) is 18.2 Å². The van der Waals surface area contributed by atoms with E-state index in [0.717, 1.165) is 4.90 Å². The molecule has 2 aliphatic rings. The molecular weight excluding hydrogens is 394 g/mol. The van der Waals surface area contributed by atoms with Gasteiger partial charge in [0.2, 0.25) is 11.5 Å². The molecule has 1 saturated heterocycles. The molecule has 0 N–H and O–H groups in total. The van der Waals surface area contributed by atoms with Gasteiger partial charge in [0.25, 0.3) is 11.6 Å². The maximum Gasteiger partial charge on any atom is 0.281 e. The summed E-state index contributed by atoms with van der Waals surface area (Å²) in [5.41, 5.74) is -0.515. The van der Waals surface area contributed by atoms with Gasteiger partial charge in [0, 0.05) is 30.2 Å². The van der Waals surface area contributed by atoms with Crippen molar-refractivity contribution < 1.29 is 28.8 Å². The second kappa shape index (κ2) is 7.14. The molecule has 10 nitrogen and oxygen atoms in total. The number of carbonyl (C=O) groups excluding carboxylic acids is 2. The van der Waals surface area contributed by atoms with E-state index < -0.39 is 22.3 Å². The quantitative estimate of drug-likeness (QED) is 0.421. The number of amides is 2. The lowest BCUT2D eigenvalue weighted by atomic mass is 9.92. The minimum Gasteiger partial charge on any atom is -0.497 e. The van der Waals surface area contributed by atoms with E-state index in [1.165, 1.54) is 38.5 Å². The number of hydrogen-bond donors (Lipinski definition) is 0. The number of carbonyl (C=O) groups is 2. The van der Waals surface area contributed by atoms with Crippen molar-refractivity contribution in [2.24, 2.45) is 5.16 Å². The molecule has 0 bridgehead atoms. The van der Waals surface area contributed by atoms with Gasteiger partial charge in [-0.3, -0.25) is 19.7 Å². The molecule has 2 aromatic carbocycles. The second-order valence-corrected chi connectivity index (χ2v) is 6.85. The average molecular weight is 411 g/mol. The highest BCUT2D eigenvalue weighted by atomic mass is 16.7. The molecule has 0 aromatic heterocycles. The first-order chi connectivity index (χ1) is 14.4. The van der Waals surface area contributed by atoms with Crippen LogP contribution in [0.25, 0.3) is 0 Å². The van der Waals surface area contributed by atoms with Gasteiger partial charge in [-0.25, -0.2) is 4.90 Å². The lowest BCUT2D eigenvalue weighted by molar-refractivity contribution is -0.384. The number of rotatable bonds is 5. The number of nitro benzene ring substituents is 1. The number of hydrogen-bond acceptors (Lipinski definition) is 8. The summed E-state index contributed by atoms with van der Waals surface area (Å²) in [5.74, 6) is -0.0484. The van der Waals surface area contributed by atoms with E-state index in [1.54, 1.807) is 18.2 Å². The van der Waals surface area contributed by atoms with Crippen LogP contribution in [-0.4, -0.2) is 42.3 Å². The molecule has 30 heavy (non-hydrogen) atoms. The summed E-state index contributed by atoms with van der Waals surface area (Å²) in [6, 6.07) is 10.5. The first-order valence-electron chi connectivity index (χ1n) is 8.98. The van der Waals surface area contributed by atoms with Crippen LogP contribution in [0, 0.1) is 10.1 Å². The van der Waals surface area contributed by atoms with E-state index in [2.05, 4.69) is 5.16 Å². The number of imide groups is 1. The van der Waals surface area contributed by atoms with Crippen molar-refractivity contribution >= 4 is 28.9 Å². The summed E-state index contributed by atoms with van der Waals surface area (Å²) in [6.07, 6.45) is -0.161. The predicted molar refractivity (Wildman–Crippen MR) is 105 cm³/mol. The number of nitrogens with zero attached hydrogens (tertiary/aromatic N) is 3. The van der Waals surface area contributed by atoms with Crippen molar-refractivity contribution in [3.63, 3.8) is 0 Å². The zero-order valence-electron chi connectivity index (χ0n) is 16.2. The number of nitro groups is 1. The van der Waals surface area contributed by atoms with Gasteiger partial charge in [0.05, 0.1) is 37.0 Å². The van der Waals surface area contributed by atoms with Gasteiger partial charge >= 0.3 is 0 Å². The van der Waals surface area contributed by atoms with Crippen LogP contribution in [-0.2, 0) is 14.4 Å². The average Bonchev–Trinajstić information content (AvgIpc) is 3.28. The number of oxime groups is 1. The largest absolute Gasteiger partial charge is 0.497 e. The minimum absolute atomic E-state index is 0.0612. The second-order valence-electron chi connectivity index (χ2n) is 6.85. The van der Waals surface area contributed by atoms with Crippen molar-refractivity contribution in [2.75, 3.05) is 19.1 Å². The Morgan fingerprint density at radius 3 is 2.63 bits per heavy atom. The Bertz CT molecular complexity index is 1100. The zero-order chi connectivity index (χ0) is 21.5. The standard InChI is InChI=1S/C20H17N3O7/c1-28-14-6-7-15(17(9-14)29-2)16-10-20(30-21-16)11-18(24)22(19(20)25)12-4-3-5-13(8-12)23(26)27/h3-9H,10-11H2,1-2H3. The lowest BCUT2D eigenvalue weighted by Gasteiger charge is -2.19. The summed E-state index contributed by atoms with van der Waals surface area (Å²) in [6.45, 7) is 0. The molecule has 2 heterocycles. The molecule has 1 fully saturated rings. The highest BCUT2D eigenvalue weighted by molar-refractivity contribution is 6.26. The molecule has 1 unspecified atom stereocenters. The molecule has 10 heteroatoms. The van der Waals surface area contributed by atoms with Crippen LogP contribution in [0.5, 0.6) is 11.5 Å². The van der Waals surface area contributed by atoms with E-state index in [1.807, 2.05) is 0 Å². The van der Waals surface area contributed by atoms with Gasteiger partial charge < -0.3 is 14.3 Å². The highest BCUT2D eigenvalue weighted by Crippen LogP contribution is 2.41. The number of anilines is 1. The van der Waals surface area contributed by atoms with Gasteiger partial charge in [-0.1, -0.05) is 11.2 Å². The fourth-order valence-corrected chi connectivity index (χ4v) is 3.59.